The summed E-state index contributed by atoms with van der Waals surface area (Å²) >= 11 is 0. The summed E-state index contributed by atoms with van der Waals surface area (Å²) < 4.78 is 48.9. The molecular weight excluding hydrogens is 202 g/mol. The highest BCUT2D eigenvalue weighted by atomic mass is 19.4. The fraction of sp³-hybridized carbons (Fsp3) is 0.125. The second kappa shape index (κ2) is 3.28. The third-order valence-corrected chi connectivity index (χ3v) is 1.56. The van der Waals surface area contributed by atoms with Crippen LogP contribution in [0, 0.1) is 5.82 Å². The summed E-state index contributed by atoms with van der Waals surface area (Å²) in [5.74, 6) is -2.48. The summed E-state index contributed by atoms with van der Waals surface area (Å²) in [6, 6.07) is 1.77. The smallest absolute Gasteiger partial charge is 0.366 e. The molecule has 0 saturated heterocycles. The standard InChI is InChI=1S/C8H5F4NO/c9-6-3-4(7(13)14)1-2-5(6)8(10,11)12/h1-3H,(H2,13,14). The van der Waals surface area contributed by atoms with Gasteiger partial charge in [-0.15, -0.1) is 0 Å². The molecule has 0 aliphatic carbocycles. The van der Waals surface area contributed by atoms with Crippen molar-refractivity contribution in [2.24, 2.45) is 5.73 Å². The van der Waals surface area contributed by atoms with Crippen LogP contribution in [0.5, 0.6) is 0 Å². The van der Waals surface area contributed by atoms with Crippen molar-refractivity contribution in [2.45, 2.75) is 6.18 Å². The molecule has 1 aromatic carbocycles. The Labute approximate surface area is 76.3 Å². The van der Waals surface area contributed by atoms with Crippen molar-refractivity contribution in [1.82, 2.24) is 0 Å². The van der Waals surface area contributed by atoms with Gasteiger partial charge in [0.1, 0.15) is 5.82 Å². The van der Waals surface area contributed by atoms with Crippen molar-refractivity contribution in [3.05, 3.63) is 35.1 Å². The molecule has 2 N–H and O–H groups in total. The fourth-order valence-corrected chi connectivity index (χ4v) is 0.898. The third kappa shape index (κ3) is 2.01. The van der Waals surface area contributed by atoms with Gasteiger partial charge in [-0.2, -0.15) is 13.2 Å². The fourth-order valence-electron chi connectivity index (χ4n) is 0.898. The van der Waals surface area contributed by atoms with E-state index in [0.29, 0.717) is 12.1 Å². The Kier molecular flexibility index (Phi) is 2.46. The average molecular weight is 207 g/mol. The summed E-state index contributed by atoms with van der Waals surface area (Å²) in [6.45, 7) is 0. The minimum atomic E-state index is -4.76. The van der Waals surface area contributed by atoms with Crippen molar-refractivity contribution >= 4 is 5.91 Å². The summed E-state index contributed by atoms with van der Waals surface area (Å²) in [7, 11) is 0. The van der Waals surface area contributed by atoms with Gasteiger partial charge in [0.05, 0.1) is 5.56 Å². The van der Waals surface area contributed by atoms with E-state index in [1.54, 1.807) is 0 Å². The lowest BCUT2D eigenvalue weighted by atomic mass is 10.1. The first-order valence-corrected chi connectivity index (χ1v) is 3.49. The van der Waals surface area contributed by atoms with Crippen molar-refractivity contribution in [3.63, 3.8) is 0 Å². The van der Waals surface area contributed by atoms with Crippen LogP contribution in [0.3, 0.4) is 0 Å². The molecule has 0 radical (unpaired) electrons. The molecule has 0 aromatic heterocycles. The first-order chi connectivity index (χ1) is 6.32. The van der Waals surface area contributed by atoms with Crippen LogP contribution in [0.1, 0.15) is 15.9 Å². The number of hydrogen-bond acceptors (Lipinski definition) is 1. The molecule has 0 atom stereocenters. The molecule has 1 rings (SSSR count). The number of halogens is 4. The van der Waals surface area contributed by atoms with Gasteiger partial charge in [-0.25, -0.2) is 4.39 Å². The van der Waals surface area contributed by atoms with Crippen molar-refractivity contribution in [3.8, 4) is 0 Å². The molecule has 6 heteroatoms. The number of primary amides is 1. The largest absolute Gasteiger partial charge is 0.419 e. The van der Waals surface area contributed by atoms with Crippen LogP contribution in [0.2, 0.25) is 0 Å². The van der Waals surface area contributed by atoms with E-state index >= 15 is 0 Å². The van der Waals surface area contributed by atoms with Crippen LogP contribution in [-0.4, -0.2) is 5.91 Å². The maximum Gasteiger partial charge on any atom is 0.419 e. The van der Waals surface area contributed by atoms with E-state index in [0.717, 1.165) is 6.07 Å². The Hall–Kier alpha value is -1.59. The zero-order valence-corrected chi connectivity index (χ0v) is 6.73. The molecule has 0 aliphatic heterocycles. The maximum absolute atomic E-state index is 12.8. The second-order valence-electron chi connectivity index (χ2n) is 2.56. The number of benzene rings is 1. The molecule has 0 aliphatic rings. The number of hydrogen-bond donors (Lipinski definition) is 1. The van der Waals surface area contributed by atoms with E-state index in [2.05, 4.69) is 0 Å². The highest BCUT2D eigenvalue weighted by Crippen LogP contribution is 2.31. The Morgan fingerprint density at radius 1 is 1.29 bits per heavy atom. The minimum Gasteiger partial charge on any atom is -0.366 e. The normalized spacial score (nSPS) is 11.4. The molecule has 14 heavy (non-hydrogen) atoms. The van der Waals surface area contributed by atoms with E-state index in [1.807, 2.05) is 0 Å². The first kappa shape index (κ1) is 10.5. The van der Waals surface area contributed by atoms with Crippen LogP contribution in [0.4, 0.5) is 17.6 Å². The van der Waals surface area contributed by atoms with Crippen LogP contribution < -0.4 is 5.73 Å². The molecular formula is C8H5F4NO. The highest BCUT2D eigenvalue weighted by Gasteiger charge is 2.34. The summed E-state index contributed by atoms with van der Waals surface area (Å²) in [6.07, 6.45) is -4.76. The lowest BCUT2D eigenvalue weighted by Gasteiger charge is -2.07. The summed E-state index contributed by atoms with van der Waals surface area (Å²) in [4.78, 5) is 10.5. The van der Waals surface area contributed by atoms with Gasteiger partial charge in [0.15, 0.2) is 0 Å². The van der Waals surface area contributed by atoms with Crippen molar-refractivity contribution < 1.29 is 22.4 Å². The highest BCUT2D eigenvalue weighted by molar-refractivity contribution is 5.92. The molecule has 0 fully saturated rings. The lowest BCUT2D eigenvalue weighted by molar-refractivity contribution is -0.140. The SMILES string of the molecule is NC(=O)c1ccc(C(F)(F)F)c(F)c1. The molecule has 0 saturated carbocycles. The monoisotopic (exact) mass is 207 g/mol. The molecule has 2 nitrogen and oxygen atoms in total. The molecule has 0 heterocycles. The zero-order valence-electron chi connectivity index (χ0n) is 6.73. The molecule has 76 valence electrons. The molecule has 0 bridgehead atoms. The molecule has 1 amide bonds. The number of carbonyl (C=O) groups excluding carboxylic acids is 1. The Morgan fingerprint density at radius 2 is 1.86 bits per heavy atom. The van der Waals surface area contributed by atoms with Gasteiger partial charge in [0.2, 0.25) is 5.91 Å². The van der Waals surface area contributed by atoms with Crippen LogP contribution in [0.25, 0.3) is 0 Å². The average Bonchev–Trinajstić information content (AvgIpc) is 2.01. The predicted octanol–water partition coefficient (Wildman–Crippen LogP) is 1.94. The number of carbonyl (C=O) groups is 1. The van der Waals surface area contributed by atoms with E-state index in [9.17, 15) is 22.4 Å². The van der Waals surface area contributed by atoms with Gasteiger partial charge in [0, 0.05) is 5.56 Å². The van der Waals surface area contributed by atoms with Crippen LogP contribution in [-0.2, 0) is 6.18 Å². The van der Waals surface area contributed by atoms with Gasteiger partial charge >= 0.3 is 6.18 Å². The number of amides is 1. The van der Waals surface area contributed by atoms with Gasteiger partial charge in [0.25, 0.3) is 0 Å². The number of alkyl halides is 3. The summed E-state index contributed by atoms with van der Waals surface area (Å²) in [5, 5.41) is 0. The Bertz CT molecular complexity index is 372. The van der Waals surface area contributed by atoms with E-state index < -0.39 is 23.5 Å². The van der Waals surface area contributed by atoms with Gasteiger partial charge in [-0.3, -0.25) is 4.79 Å². The topological polar surface area (TPSA) is 43.1 Å². The maximum atomic E-state index is 12.8. The Balaban J connectivity index is 3.21. The van der Waals surface area contributed by atoms with E-state index in [1.165, 1.54) is 0 Å². The minimum absolute atomic E-state index is 0.296. The first-order valence-electron chi connectivity index (χ1n) is 3.49. The lowest BCUT2D eigenvalue weighted by Crippen LogP contribution is -2.14. The second-order valence-corrected chi connectivity index (χ2v) is 2.56. The van der Waals surface area contributed by atoms with Gasteiger partial charge in [-0.05, 0) is 18.2 Å². The zero-order chi connectivity index (χ0) is 10.9. The van der Waals surface area contributed by atoms with Crippen molar-refractivity contribution in [1.29, 1.82) is 0 Å². The molecule has 0 unspecified atom stereocenters. The van der Waals surface area contributed by atoms with Crippen molar-refractivity contribution in [2.75, 3.05) is 0 Å². The summed E-state index contributed by atoms with van der Waals surface area (Å²) in [5.41, 5.74) is 3.04. The third-order valence-electron chi connectivity index (χ3n) is 1.56. The van der Waals surface area contributed by atoms with E-state index in [-0.39, 0.29) is 5.56 Å². The van der Waals surface area contributed by atoms with E-state index in [4.69, 9.17) is 5.73 Å². The number of nitrogens with two attached hydrogens (primary N) is 1. The number of rotatable bonds is 1. The molecule has 1 aromatic rings. The van der Waals surface area contributed by atoms with Gasteiger partial charge < -0.3 is 5.73 Å². The van der Waals surface area contributed by atoms with Crippen LogP contribution >= 0.6 is 0 Å². The molecule has 0 spiro atoms. The Morgan fingerprint density at radius 3 is 2.21 bits per heavy atom. The quantitative estimate of drug-likeness (QED) is 0.702. The van der Waals surface area contributed by atoms with Gasteiger partial charge in [-0.1, -0.05) is 0 Å². The van der Waals surface area contributed by atoms with Crippen LogP contribution in [0.15, 0.2) is 18.2 Å². The predicted molar refractivity (Wildman–Crippen MR) is 39.9 cm³/mol.